The largest absolute Gasteiger partial charge is 0.461 e. The fourth-order valence-corrected chi connectivity index (χ4v) is 4.22. The quantitative estimate of drug-likeness (QED) is 0.631. The number of thiophene rings is 1. The van der Waals surface area contributed by atoms with Crippen LogP contribution in [0.2, 0.25) is 0 Å². The molecule has 2 heterocycles. The standard InChI is InChI=1S/C17H15NO2S2/c1-3-20-17(19)13-10-22-16(18-13)15-14(11(2)9-21-15)12-7-5-4-6-8-12/h4-10H,3H2,1-2H3. The highest BCUT2D eigenvalue weighted by Crippen LogP contribution is 2.40. The average Bonchev–Trinajstić information content (AvgIpc) is 3.15. The lowest BCUT2D eigenvalue weighted by molar-refractivity contribution is 0.0520. The molecule has 112 valence electrons. The zero-order valence-electron chi connectivity index (χ0n) is 12.3. The first-order valence-corrected chi connectivity index (χ1v) is 8.73. The normalized spacial score (nSPS) is 10.6. The lowest BCUT2D eigenvalue weighted by atomic mass is 10.0. The van der Waals surface area contributed by atoms with E-state index in [9.17, 15) is 4.79 Å². The lowest BCUT2D eigenvalue weighted by Crippen LogP contribution is -2.04. The number of carbonyl (C=O) groups is 1. The molecule has 0 amide bonds. The summed E-state index contributed by atoms with van der Waals surface area (Å²) in [6.45, 7) is 4.25. The van der Waals surface area contributed by atoms with Crippen LogP contribution in [-0.2, 0) is 4.74 Å². The Bertz CT molecular complexity index is 790. The van der Waals surface area contributed by atoms with Crippen LogP contribution in [0.4, 0.5) is 0 Å². The van der Waals surface area contributed by atoms with Gasteiger partial charge in [-0.2, -0.15) is 0 Å². The van der Waals surface area contributed by atoms with Crippen molar-refractivity contribution in [1.29, 1.82) is 0 Å². The summed E-state index contributed by atoms with van der Waals surface area (Å²) >= 11 is 3.14. The highest BCUT2D eigenvalue weighted by molar-refractivity contribution is 7.20. The van der Waals surface area contributed by atoms with Crippen molar-refractivity contribution in [2.24, 2.45) is 0 Å². The SMILES string of the molecule is CCOC(=O)c1csc(-c2scc(C)c2-c2ccccc2)n1. The van der Waals surface area contributed by atoms with E-state index in [0.29, 0.717) is 12.3 Å². The van der Waals surface area contributed by atoms with Gasteiger partial charge in [0.1, 0.15) is 5.01 Å². The molecule has 5 heteroatoms. The van der Waals surface area contributed by atoms with Crippen LogP contribution in [0.5, 0.6) is 0 Å². The molecule has 0 radical (unpaired) electrons. The fourth-order valence-electron chi connectivity index (χ4n) is 2.24. The maximum atomic E-state index is 11.8. The van der Waals surface area contributed by atoms with Crippen LogP contribution in [0.25, 0.3) is 21.0 Å². The van der Waals surface area contributed by atoms with Crippen LogP contribution in [0, 0.1) is 6.92 Å². The number of benzene rings is 1. The second-order valence-electron chi connectivity index (χ2n) is 4.75. The summed E-state index contributed by atoms with van der Waals surface area (Å²) in [6.07, 6.45) is 0. The van der Waals surface area contributed by atoms with Crippen molar-refractivity contribution in [3.63, 3.8) is 0 Å². The molecule has 0 bridgehead atoms. The average molecular weight is 329 g/mol. The van der Waals surface area contributed by atoms with Crippen LogP contribution in [0.3, 0.4) is 0 Å². The third kappa shape index (κ3) is 2.82. The minimum absolute atomic E-state index is 0.360. The highest BCUT2D eigenvalue weighted by atomic mass is 32.1. The highest BCUT2D eigenvalue weighted by Gasteiger charge is 2.18. The van der Waals surface area contributed by atoms with Gasteiger partial charge in [0.25, 0.3) is 0 Å². The number of ether oxygens (including phenoxy) is 1. The first-order valence-electron chi connectivity index (χ1n) is 6.97. The van der Waals surface area contributed by atoms with Crippen LogP contribution in [-0.4, -0.2) is 17.6 Å². The molecular formula is C17H15NO2S2. The van der Waals surface area contributed by atoms with Gasteiger partial charge in [-0.05, 0) is 30.4 Å². The summed E-state index contributed by atoms with van der Waals surface area (Å²) in [6, 6.07) is 10.3. The number of esters is 1. The Morgan fingerprint density at radius 2 is 1.95 bits per heavy atom. The molecule has 0 aliphatic carbocycles. The van der Waals surface area contributed by atoms with Crippen molar-refractivity contribution in [1.82, 2.24) is 4.98 Å². The second-order valence-corrected chi connectivity index (χ2v) is 6.48. The minimum atomic E-state index is -0.362. The van der Waals surface area contributed by atoms with E-state index < -0.39 is 0 Å². The molecule has 3 nitrogen and oxygen atoms in total. The van der Waals surface area contributed by atoms with Gasteiger partial charge in [-0.1, -0.05) is 30.3 Å². The number of hydrogen-bond donors (Lipinski definition) is 0. The number of rotatable bonds is 4. The fraction of sp³-hybridized carbons (Fsp3) is 0.176. The number of carbonyl (C=O) groups excluding carboxylic acids is 1. The molecule has 0 aliphatic rings. The van der Waals surface area contributed by atoms with E-state index in [-0.39, 0.29) is 5.97 Å². The molecule has 3 rings (SSSR count). The van der Waals surface area contributed by atoms with E-state index >= 15 is 0 Å². The molecular weight excluding hydrogens is 314 g/mol. The van der Waals surface area contributed by atoms with Gasteiger partial charge >= 0.3 is 5.97 Å². The number of hydrogen-bond acceptors (Lipinski definition) is 5. The molecule has 0 spiro atoms. The maximum absolute atomic E-state index is 11.8. The van der Waals surface area contributed by atoms with E-state index in [0.717, 1.165) is 9.88 Å². The van der Waals surface area contributed by atoms with Gasteiger partial charge in [-0.25, -0.2) is 9.78 Å². The Balaban J connectivity index is 2.02. The first-order chi connectivity index (χ1) is 10.7. The van der Waals surface area contributed by atoms with E-state index in [1.54, 1.807) is 23.6 Å². The van der Waals surface area contributed by atoms with Crippen molar-refractivity contribution < 1.29 is 9.53 Å². The van der Waals surface area contributed by atoms with Crippen LogP contribution in [0.15, 0.2) is 41.1 Å². The van der Waals surface area contributed by atoms with E-state index in [1.165, 1.54) is 28.0 Å². The molecule has 0 unspecified atom stereocenters. The third-order valence-corrected chi connectivity index (χ3v) is 5.31. The smallest absolute Gasteiger partial charge is 0.357 e. The molecule has 0 aliphatic heterocycles. The van der Waals surface area contributed by atoms with Crippen LogP contribution >= 0.6 is 22.7 Å². The molecule has 22 heavy (non-hydrogen) atoms. The molecule has 1 aromatic carbocycles. The summed E-state index contributed by atoms with van der Waals surface area (Å²) in [7, 11) is 0. The van der Waals surface area contributed by atoms with Gasteiger partial charge in [0.15, 0.2) is 5.69 Å². The molecule has 3 aromatic rings. The second kappa shape index (κ2) is 6.42. The van der Waals surface area contributed by atoms with Gasteiger partial charge < -0.3 is 4.74 Å². The van der Waals surface area contributed by atoms with E-state index in [2.05, 4.69) is 29.4 Å². The van der Waals surface area contributed by atoms with Gasteiger partial charge in [-0.3, -0.25) is 0 Å². The summed E-state index contributed by atoms with van der Waals surface area (Å²) < 4.78 is 5.01. The van der Waals surface area contributed by atoms with Crippen LogP contribution in [0.1, 0.15) is 23.0 Å². The molecule has 2 aromatic heterocycles. The van der Waals surface area contributed by atoms with Crippen molar-refractivity contribution in [2.45, 2.75) is 13.8 Å². The molecule has 0 saturated carbocycles. The number of thiazole rings is 1. The third-order valence-electron chi connectivity index (χ3n) is 3.22. The van der Waals surface area contributed by atoms with Crippen LogP contribution < -0.4 is 0 Å². The molecule has 0 atom stereocenters. The Kier molecular flexibility index (Phi) is 4.36. The van der Waals surface area contributed by atoms with Crippen molar-refractivity contribution in [2.75, 3.05) is 6.61 Å². The van der Waals surface area contributed by atoms with Gasteiger partial charge in [0, 0.05) is 10.9 Å². The topological polar surface area (TPSA) is 39.2 Å². The number of aromatic nitrogens is 1. The van der Waals surface area contributed by atoms with E-state index in [4.69, 9.17) is 4.74 Å². The zero-order valence-corrected chi connectivity index (χ0v) is 14.0. The summed E-state index contributed by atoms with van der Waals surface area (Å²) in [4.78, 5) is 17.3. The monoisotopic (exact) mass is 329 g/mol. The maximum Gasteiger partial charge on any atom is 0.357 e. The number of aryl methyl sites for hydroxylation is 1. The van der Waals surface area contributed by atoms with Gasteiger partial charge in [0.2, 0.25) is 0 Å². The van der Waals surface area contributed by atoms with Crippen molar-refractivity contribution in [3.8, 4) is 21.0 Å². The molecule has 0 N–H and O–H groups in total. The Morgan fingerprint density at radius 3 is 2.68 bits per heavy atom. The minimum Gasteiger partial charge on any atom is -0.461 e. The summed E-state index contributed by atoms with van der Waals surface area (Å²) in [5.74, 6) is -0.362. The predicted octanol–water partition coefficient (Wildman–Crippen LogP) is 5.02. The molecule has 0 fully saturated rings. The lowest BCUT2D eigenvalue weighted by Gasteiger charge is -2.03. The number of nitrogens with zero attached hydrogens (tertiary/aromatic N) is 1. The Morgan fingerprint density at radius 1 is 1.18 bits per heavy atom. The predicted molar refractivity (Wildman–Crippen MR) is 91.6 cm³/mol. The zero-order chi connectivity index (χ0) is 15.5. The molecule has 0 saturated heterocycles. The van der Waals surface area contributed by atoms with E-state index in [1.807, 2.05) is 18.2 Å². The summed E-state index contributed by atoms with van der Waals surface area (Å²) in [5, 5.41) is 4.75. The van der Waals surface area contributed by atoms with Crippen molar-refractivity contribution >= 4 is 28.6 Å². The Hall–Kier alpha value is -1.98. The Labute approximate surface area is 137 Å². The summed E-state index contributed by atoms with van der Waals surface area (Å²) in [5.41, 5.74) is 3.96. The first kappa shape index (κ1) is 14.9. The van der Waals surface area contributed by atoms with Gasteiger partial charge in [0.05, 0.1) is 11.5 Å². The van der Waals surface area contributed by atoms with Gasteiger partial charge in [-0.15, -0.1) is 22.7 Å². The van der Waals surface area contributed by atoms with Crippen molar-refractivity contribution in [3.05, 3.63) is 52.3 Å².